The Hall–Kier alpha value is -2.02. The molecule has 0 bridgehead atoms. The van der Waals surface area contributed by atoms with Crippen molar-refractivity contribution in [3.8, 4) is 0 Å². The van der Waals surface area contributed by atoms with Gasteiger partial charge in [0.15, 0.2) is 5.16 Å². The minimum Gasteiger partial charge on any atom is -0.333 e. The van der Waals surface area contributed by atoms with Crippen LogP contribution in [-0.4, -0.2) is 56.6 Å². The number of nitrogens with one attached hydrogen (secondary N) is 1. The molecule has 22 heavy (non-hydrogen) atoms. The van der Waals surface area contributed by atoms with Gasteiger partial charge in [0.2, 0.25) is 11.8 Å². The normalized spacial score (nSPS) is 18.5. The molecule has 2 amide bonds. The van der Waals surface area contributed by atoms with Crippen LogP contribution in [0.2, 0.25) is 0 Å². The van der Waals surface area contributed by atoms with Crippen molar-refractivity contribution in [2.24, 2.45) is 0 Å². The lowest BCUT2D eigenvalue weighted by atomic mass is 10.3. The Kier molecular flexibility index (Phi) is 3.29. The summed E-state index contributed by atoms with van der Waals surface area (Å²) in [6.45, 7) is 0.666. The van der Waals surface area contributed by atoms with Gasteiger partial charge in [0.1, 0.15) is 6.54 Å². The predicted octanol–water partition coefficient (Wildman–Crippen LogP) is 1.45. The van der Waals surface area contributed by atoms with E-state index in [9.17, 15) is 9.59 Å². The van der Waals surface area contributed by atoms with Crippen LogP contribution in [0.25, 0.3) is 11.0 Å². The molecule has 1 aromatic carbocycles. The number of aromatic amines is 1. The third kappa shape index (κ3) is 2.56. The van der Waals surface area contributed by atoms with Gasteiger partial charge in [-0.2, -0.15) is 0 Å². The van der Waals surface area contributed by atoms with Crippen LogP contribution in [0.1, 0.15) is 12.8 Å². The molecule has 1 aliphatic heterocycles. The van der Waals surface area contributed by atoms with Gasteiger partial charge < -0.3 is 14.8 Å². The molecule has 0 radical (unpaired) electrons. The summed E-state index contributed by atoms with van der Waals surface area (Å²) in [7, 11) is 0. The zero-order chi connectivity index (χ0) is 15.1. The van der Waals surface area contributed by atoms with E-state index in [4.69, 9.17) is 0 Å². The Balaban J connectivity index is 1.37. The van der Waals surface area contributed by atoms with E-state index >= 15 is 0 Å². The minimum absolute atomic E-state index is 0.0121. The molecule has 1 saturated heterocycles. The second-order valence-corrected chi connectivity index (χ2v) is 6.64. The van der Waals surface area contributed by atoms with Gasteiger partial charge in [-0.3, -0.25) is 9.59 Å². The standard InChI is InChI=1S/C15H16N4O2S/c20-13-7-18(9-19(13)10-5-6-10)14(21)8-22-15-16-11-3-1-2-4-12(11)17-15/h1-4,10H,5-9H2,(H,16,17). The number of fused-ring (bicyclic) bond motifs is 1. The first kappa shape index (κ1) is 13.6. The Morgan fingerprint density at radius 3 is 2.95 bits per heavy atom. The van der Waals surface area contributed by atoms with E-state index in [2.05, 4.69) is 9.97 Å². The van der Waals surface area contributed by atoms with Crippen LogP contribution < -0.4 is 0 Å². The summed E-state index contributed by atoms with van der Waals surface area (Å²) in [6.07, 6.45) is 2.14. The Morgan fingerprint density at radius 2 is 2.18 bits per heavy atom. The molecule has 7 heteroatoms. The molecule has 0 atom stereocenters. The van der Waals surface area contributed by atoms with Crippen LogP contribution in [-0.2, 0) is 9.59 Å². The number of thioether (sulfide) groups is 1. The summed E-state index contributed by atoms with van der Waals surface area (Å²) in [6, 6.07) is 8.15. The zero-order valence-electron chi connectivity index (χ0n) is 12.0. The van der Waals surface area contributed by atoms with E-state index in [0.29, 0.717) is 18.5 Å². The summed E-state index contributed by atoms with van der Waals surface area (Å²) in [4.78, 5) is 35.2. The maximum absolute atomic E-state index is 12.3. The minimum atomic E-state index is -0.0121. The van der Waals surface area contributed by atoms with Gasteiger partial charge in [-0.15, -0.1) is 0 Å². The maximum atomic E-state index is 12.3. The lowest BCUT2D eigenvalue weighted by molar-refractivity contribution is -0.129. The fourth-order valence-electron chi connectivity index (χ4n) is 2.66. The number of amides is 2. The Morgan fingerprint density at radius 1 is 1.36 bits per heavy atom. The number of hydrogen-bond acceptors (Lipinski definition) is 4. The van der Waals surface area contributed by atoms with E-state index in [-0.39, 0.29) is 18.4 Å². The summed E-state index contributed by atoms with van der Waals surface area (Å²) in [5.41, 5.74) is 1.86. The summed E-state index contributed by atoms with van der Waals surface area (Å²) >= 11 is 1.38. The maximum Gasteiger partial charge on any atom is 0.243 e. The largest absolute Gasteiger partial charge is 0.333 e. The van der Waals surface area contributed by atoms with Gasteiger partial charge in [0, 0.05) is 6.04 Å². The molecule has 1 N–H and O–H groups in total. The fourth-order valence-corrected chi connectivity index (χ4v) is 3.45. The molecule has 0 spiro atoms. The van der Waals surface area contributed by atoms with E-state index in [1.807, 2.05) is 29.2 Å². The first-order valence-electron chi connectivity index (χ1n) is 7.35. The zero-order valence-corrected chi connectivity index (χ0v) is 12.8. The van der Waals surface area contributed by atoms with Gasteiger partial charge in [-0.05, 0) is 25.0 Å². The molecule has 2 aliphatic rings. The number of carbonyl (C=O) groups excluding carboxylic acids is 2. The average molecular weight is 316 g/mol. The van der Waals surface area contributed by atoms with E-state index in [1.54, 1.807) is 4.90 Å². The summed E-state index contributed by atoms with van der Waals surface area (Å²) < 4.78 is 0. The molecule has 2 fully saturated rings. The number of imidazole rings is 1. The van der Waals surface area contributed by atoms with E-state index < -0.39 is 0 Å². The molecule has 2 heterocycles. The van der Waals surface area contributed by atoms with Crippen molar-refractivity contribution in [2.45, 2.75) is 24.0 Å². The third-order valence-corrected chi connectivity index (χ3v) is 4.87. The quantitative estimate of drug-likeness (QED) is 0.867. The second kappa shape index (κ2) is 5.31. The summed E-state index contributed by atoms with van der Waals surface area (Å²) in [5.74, 6) is 0.359. The number of rotatable bonds is 4. The SMILES string of the molecule is O=C(CSc1nc2ccccc2[nH]1)N1CC(=O)N(C2CC2)C1. The van der Waals surface area contributed by atoms with Crippen LogP contribution >= 0.6 is 11.8 Å². The Labute approximate surface area is 131 Å². The third-order valence-electron chi connectivity index (χ3n) is 4.01. The van der Waals surface area contributed by atoms with Crippen molar-refractivity contribution < 1.29 is 9.59 Å². The molecule has 1 aromatic heterocycles. The number of hydrogen-bond donors (Lipinski definition) is 1. The smallest absolute Gasteiger partial charge is 0.243 e. The van der Waals surface area contributed by atoms with Crippen molar-refractivity contribution in [3.63, 3.8) is 0 Å². The molecular formula is C15H16N4O2S. The monoisotopic (exact) mass is 316 g/mol. The highest BCUT2D eigenvalue weighted by Crippen LogP contribution is 2.29. The average Bonchev–Trinajstić information content (AvgIpc) is 3.15. The van der Waals surface area contributed by atoms with Crippen LogP contribution in [0.4, 0.5) is 0 Å². The van der Waals surface area contributed by atoms with Gasteiger partial charge in [-0.25, -0.2) is 4.98 Å². The molecular weight excluding hydrogens is 300 g/mol. The van der Waals surface area contributed by atoms with Crippen molar-refractivity contribution in [1.29, 1.82) is 0 Å². The van der Waals surface area contributed by atoms with Gasteiger partial charge >= 0.3 is 0 Å². The highest BCUT2D eigenvalue weighted by atomic mass is 32.2. The topological polar surface area (TPSA) is 69.3 Å². The van der Waals surface area contributed by atoms with E-state index in [0.717, 1.165) is 29.0 Å². The van der Waals surface area contributed by atoms with Crippen molar-refractivity contribution in [2.75, 3.05) is 19.0 Å². The van der Waals surface area contributed by atoms with Crippen LogP contribution in [0.15, 0.2) is 29.4 Å². The highest BCUT2D eigenvalue weighted by molar-refractivity contribution is 7.99. The Bertz CT molecular complexity index is 707. The van der Waals surface area contributed by atoms with Crippen molar-refractivity contribution in [3.05, 3.63) is 24.3 Å². The van der Waals surface area contributed by atoms with Crippen molar-refractivity contribution in [1.82, 2.24) is 19.8 Å². The molecule has 4 rings (SSSR count). The first-order valence-corrected chi connectivity index (χ1v) is 8.34. The number of aromatic nitrogens is 2. The molecule has 114 valence electrons. The van der Waals surface area contributed by atoms with Crippen LogP contribution in [0.3, 0.4) is 0 Å². The van der Waals surface area contributed by atoms with Crippen LogP contribution in [0.5, 0.6) is 0 Å². The molecule has 2 aromatic rings. The molecule has 1 saturated carbocycles. The van der Waals surface area contributed by atoms with Gasteiger partial charge in [0.25, 0.3) is 0 Å². The second-order valence-electron chi connectivity index (χ2n) is 5.68. The first-order chi connectivity index (χ1) is 10.7. The predicted molar refractivity (Wildman–Crippen MR) is 83.3 cm³/mol. The van der Waals surface area contributed by atoms with Crippen molar-refractivity contribution >= 4 is 34.6 Å². The van der Waals surface area contributed by atoms with Gasteiger partial charge in [-0.1, -0.05) is 23.9 Å². The van der Waals surface area contributed by atoms with Gasteiger partial charge in [0.05, 0.1) is 23.5 Å². The number of nitrogens with zero attached hydrogens (tertiary/aromatic N) is 3. The lowest BCUT2D eigenvalue weighted by Gasteiger charge is -2.17. The number of carbonyl (C=O) groups is 2. The van der Waals surface area contributed by atoms with E-state index in [1.165, 1.54) is 11.8 Å². The molecule has 1 aliphatic carbocycles. The number of benzene rings is 1. The molecule has 6 nitrogen and oxygen atoms in total. The number of para-hydroxylation sites is 2. The fraction of sp³-hybridized carbons (Fsp3) is 0.400. The molecule has 0 unspecified atom stereocenters. The van der Waals surface area contributed by atoms with Crippen LogP contribution in [0, 0.1) is 0 Å². The number of H-pyrrole nitrogens is 1. The highest BCUT2D eigenvalue weighted by Gasteiger charge is 2.39. The lowest BCUT2D eigenvalue weighted by Crippen LogP contribution is -2.33. The summed E-state index contributed by atoms with van der Waals surface area (Å²) in [5, 5.41) is 0.735.